The van der Waals surface area contributed by atoms with Crippen molar-refractivity contribution >= 4 is 5.97 Å². The van der Waals surface area contributed by atoms with E-state index in [9.17, 15) is 4.79 Å². The lowest BCUT2D eigenvalue weighted by Crippen LogP contribution is -2.10. The van der Waals surface area contributed by atoms with Crippen molar-refractivity contribution in [2.24, 2.45) is 5.92 Å². The molecular weight excluding hydrogens is 212 g/mol. The summed E-state index contributed by atoms with van der Waals surface area (Å²) < 4.78 is 0. The molecule has 0 radical (unpaired) electrons. The van der Waals surface area contributed by atoms with Crippen molar-refractivity contribution in [2.75, 3.05) is 0 Å². The van der Waals surface area contributed by atoms with E-state index in [0.29, 0.717) is 0 Å². The summed E-state index contributed by atoms with van der Waals surface area (Å²) in [5.41, 5.74) is 0. The van der Waals surface area contributed by atoms with E-state index < -0.39 is 5.97 Å². The number of hydrogen-bond acceptors (Lipinski definition) is 1. The van der Waals surface area contributed by atoms with Gasteiger partial charge in [0.25, 0.3) is 0 Å². The second-order valence-electron chi connectivity index (χ2n) is 4.34. The molecule has 0 aromatic carbocycles. The summed E-state index contributed by atoms with van der Waals surface area (Å²) >= 11 is 0. The molecule has 0 bridgehead atoms. The zero-order chi connectivity index (χ0) is 12.9. The molecule has 0 saturated heterocycles. The topological polar surface area (TPSA) is 37.3 Å². The van der Waals surface area contributed by atoms with Gasteiger partial charge >= 0.3 is 5.97 Å². The highest BCUT2D eigenvalue weighted by Crippen LogP contribution is 2.13. The third-order valence-electron chi connectivity index (χ3n) is 2.73. The molecule has 0 aromatic heterocycles. The summed E-state index contributed by atoms with van der Waals surface area (Å²) in [5.74, 6) is -1.00. The third kappa shape index (κ3) is 9.86. The van der Waals surface area contributed by atoms with Crippen LogP contribution in [0.5, 0.6) is 0 Å². The van der Waals surface area contributed by atoms with E-state index in [2.05, 4.69) is 26.0 Å². The Bertz CT molecular complexity index is 241. The van der Waals surface area contributed by atoms with Gasteiger partial charge in [0.2, 0.25) is 0 Å². The van der Waals surface area contributed by atoms with Gasteiger partial charge in [-0.25, -0.2) is 0 Å². The summed E-state index contributed by atoms with van der Waals surface area (Å²) in [7, 11) is 0. The van der Waals surface area contributed by atoms with Crippen molar-refractivity contribution in [3.63, 3.8) is 0 Å². The number of allylic oxidation sites excluding steroid dienone is 3. The van der Waals surface area contributed by atoms with Crippen LogP contribution in [0.1, 0.15) is 58.8 Å². The van der Waals surface area contributed by atoms with Crippen molar-refractivity contribution in [2.45, 2.75) is 58.8 Å². The lowest BCUT2D eigenvalue weighted by atomic mass is 10.00. The lowest BCUT2D eigenvalue weighted by Gasteiger charge is -2.06. The standard InChI is InChI=1S/C15H26O2/c1-3-5-7-9-11-13-14(15(16)17)12-10-8-6-4-2/h5,7,11,13-14H,3-4,6,8-10,12H2,1-2H3,(H,16,17)/b7-5-,13-11-. The summed E-state index contributed by atoms with van der Waals surface area (Å²) in [6, 6.07) is 0. The maximum atomic E-state index is 11.0. The van der Waals surface area contributed by atoms with Crippen molar-refractivity contribution in [3.8, 4) is 0 Å². The van der Waals surface area contributed by atoms with E-state index in [0.717, 1.165) is 32.1 Å². The number of carbonyl (C=O) groups is 1. The molecule has 0 aliphatic rings. The lowest BCUT2D eigenvalue weighted by molar-refractivity contribution is -0.140. The first-order chi connectivity index (χ1) is 8.22. The van der Waals surface area contributed by atoms with Crippen molar-refractivity contribution in [3.05, 3.63) is 24.3 Å². The van der Waals surface area contributed by atoms with Gasteiger partial charge in [0.1, 0.15) is 0 Å². The van der Waals surface area contributed by atoms with Crippen molar-refractivity contribution < 1.29 is 9.90 Å². The molecule has 0 rings (SSSR count). The summed E-state index contributed by atoms with van der Waals surface area (Å²) in [5, 5.41) is 9.06. The fourth-order valence-corrected chi connectivity index (χ4v) is 1.68. The number of unbranched alkanes of at least 4 members (excludes halogenated alkanes) is 3. The maximum absolute atomic E-state index is 11.0. The SMILES string of the molecule is CC/C=C\C/C=C\C(CCCCCC)C(=O)O. The maximum Gasteiger partial charge on any atom is 0.310 e. The molecule has 0 aliphatic carbocycles. The van der Waals surface area contributed by atoms with Crippen LogP contribution in [0.3, 0.4) is 0 Å². The Balaban J connectivity index is 3.89. The van der Waals surface area contributed by atoms with E-state index in [1.54, 1.807) is 0 Å². The van der Waals surface area contributed by atoms with Crippen molar-refractivity contribution in [1.29, 1.82) is 0 Å². The van der Waals surface area contributed by atoms with Gasteiger partial charge in [-0.3, -0.25) is 4.79 Å². The Morgan fingerprint density at radius 1 is 1.12 bits per heavy atom. The predicted molar refractivity (Wildman–Crippen MR) is 73.1 cm³/mol. The zero-order valence-corrected chi connectivity index (χ0v) is 11.2. The van der Waals surface area contributed by atoms with Gasteiger partial charge in [-0.05, 0) is 19.3 Å². The molecule has 1 atom stereocenters. The molecule has 98 valence electrons. The van der Waals surface area contributed by atoms with E-state index >= 15 is 0 Å². The number of hydrogen-bond donors (Lipinski definition) is 1. The molecule has 0 aromatic rings. The quantitative estimate of drug-likeness (QED) is 0.447. The van der Waals surface area contributed by atoms with Crippen LogP contribution in [0.25, 0.3) is 0 Å². The highest BCUT2D eigenvalue weighted by Gasteiger charge is 2.12. The first-order valence-electron chi connectivity index (χ1n) is 6.76. The van der Waals surface area contributed by atoms with Gasteiger partial charge in [0, 0.05) is 0 Å². The summed E-state index contributed by atoms with van der Waals surface area (Å²) in [4.78, 5) is 11.0. The minimum Gasteiger partial charge on any atom is -0.481 e. The number of carboxylic acid groups (broad SMARTS) is 1. The Morgan fingerprint density at radius 3 is 2.47 bits per heavy atom. The molecule has 0 fully saturated rings. The number of rotatable bonds is 10. The molecule has 0 amide bonds. The van der Waals surface area contributed by atoms with Gasteiger partial charge in [-0.2, -0.15) is 0 Å². The molecule has 17 heavy (non-hydrogen) atoms. The third-order valence-corrected chi connectivity index (χ3v) is 2.73. The van der Waals surface area contributed by atoms with Crippen LogP contribution >= 0.6 is 0 Å². The summed E-state index contributed by atoms with van der Waals surface area (Å²) in [6.07, 6.45) is 15.2. The highest BCUT2D eigenvalue weighted by molar-refractivity contribution is 5.72. The highest BCUT2D eigenvalue weighted by atomic mass is 16.4. The van der Waals surface area contributed by atoms with Crippen LogP contribution in [0.15, 0.2) is 24.3 Å². The minimum atomic E-state index is -0.697. The van der Waals surface area contributed by atoms with E-state index in [4.69, 9.17) is 5.11 Å². The zero-order valence-electron chi connectivity index (χ0n) is 11.2. The Labute approximate surface area is 105 Å². The van der Waals surface area contributed by atoms with Gasteiger partial charge in [-0.15, -0.1) is 0 Å². The first-order valence-corrected chi connectivity index (χ1v) is 6.76. The van der Waals surface area contributed by atoms with Crippen molar-refractivity contribution in [1.82, 2.24) is 0 Å². The molecule has 0 spiro atoms. The number of aliphatic carboxylic acids is 1. The van der Waals surface area contributed by atoms with Crippen LogP contribution in [-0.4, -0.2) is 11.1 Å². The average molecular weight is 238 g/mol. The molecule has 1 unspecified atom stereocenters. The van der Waals surface area contributed by atoms with Crippen LogP contribution in [0.4, 0.5) is 0 Å². The smallest absolute Gasteiger partial charge is 0.310 e. The van der Waals surface area contributed by atoms with Crippen LogP contribution in [-0.2, 0) is 4.79 Å². The van der Waals surface area contributed by atoms with Gasteiger partial charge in [0.05, 0.1) is 5.92 Å². The second kappa shape index (κ2) is 11.4. The molecule has 2 heteroatoms. The molecule has 0 saturated carbocycles. The van der Waals surface area contributed by atoms with E-state index in [1.165, 1.54) is 12.8 Å². The van der Waals surface area contributed by atoms with Crippen LogP contribution in [0, 0.1) is 5.92 Å². The van der Waals surface area contributed by atoms with Crippen LogP contribution in [0.2, 0.25) is 0 Å². The average Bonchev–Trinajstić information content (AvgIpc) is 2.31. The molecule has 1 N–H and O–H groups in total. The largest absolute Gasteiger partial charge is 0.481 e. The minimum absolute atomic E-state index is 0.304. The number of carboxylic acids is 1. The van der Waals surface area contributed by atoms with Gasteiger partial charge < -0.3 is 5.11 Å². The monoisotopic (exact) mass is 238 g/mol. The second-order valence-corrected chi connectivity index (χ2v) is 4.34. The molecular formula is C15H26O2. The Kier molecular flexibility index (Phi) is 10.7. The Hall–Kier alpha value is -1.05. The Morgan fingerprint density at radius 2 is 1.88 bits per heavy atom. The van der Waals surface area contributed by atoms with Gasteiger partial charge in [-0.1, -0.05) is 63.8 Å². The molecule has 0 aliphatic heterocycles. The van der Waals surface area contributed by atoms with E-state index in [-0.39, 0.29) is 5.92 Å². The fourth-order valence-electron chi connectivity index (χ4n) is 1.68. The van der Waals surface area contributed by atoms with Gasteiger partial charge in [0.15, 0.2) is 0 Å². The van der Waals surface area contributed by atoms with Crippen LogP contribution < -0.4 is 0 Å². The molecule has 0 heterocycles. The predicted octanol–water partition coefficient (Wildman–Crippen LogP) is 4.57. The fraction of sp³-hybridized carbons (Fsp3) is 0.667. The first kappa shape index (κ1) is 16.0. The normalized spacial score (nSPS) is 13.5. The molecule has 2 nitrogen and oxygen atoms in total. The van der Waals surface area contributed by atoms with E-state index in [1.807, 2.05) is 12.2 Å². The summed E-state index contributed by atoms with van der Waals surface area (Å²) in [6.45, 7) is 4.25.